The van der Waals surface area contributed by atoms with E-state index >= 15 is 0 Å². The molecule has 0 aliphatic rings. The molecule has 0 amide bonds. The second-order valence-electron chi connectivity index (χ2n) is 3.65. The van der Waals surface area contributed by atoms with Crippen LogP contribution in [-0.2, 0) is 0 Å². The summed E-state index contributed by atoms with van der Waals surface area (Å²) in [6.45, 7) is 1.92. The number of nitrogen functional groups attached to an aromatic ring is 1. The predicted octanol–water partition coefficient (Wildman–Crippen LogP) is 2.92. The van der Waals surface area contributed by atoms with Gasteiger partial charge in [0.25, 0.3) is 5.71 Å². The van der Waals surface area contributed by atoms with Crippen molar-refractivity contribution in [1.29, 1.82) is 0 Å². The highest BCUT2D eigenvalue weighted by molar-refractivity contribution is 6.32. The SMILES string of the molecule is Cc1c(Cl)ccc2cc3c(N)noc3nc12. The first-order chi connectivity index (χ1) is 7.66. The van der Waals surface area contributed by atoms with Crippen LogP contribution in [0.4, 0.5) is 5.82 Å². The van der Waals surface area contributed by atoms with Crippen molar-refractivity contribution in [3.63, 3.8) is 0 Å². The van der Waals surface area contributed by atoms with E-state index in [0.29, 0.717) is 16.6 Å². The molecule has 0 atom stereocenters. The summed E-state index contributed by atoms with van der Waals surface area (Å²) in [5.74, 6) is 0.358. The number of fused-ring (bicyclic) bond motifs is 2. The summed E-state index contributed by atoms with van der Waals surface area (Å²) in [6.07, 6.45) is 0. The van der Waals surface area contributed by atoms with E-state index in [2.05, 4.69) is 10.1 Å². The van der Waals surface area contributed by atoms with Crippen LogP contribution in [0.25, 0.3) is 22.0 Å². The average molecular weight is 234 g/mol. The molecule has 16 heavy (non-hydrogen) atoms. The fraction of sp³-hybridized carbons (Fsp3) is 0.0909. The highest BCUT2D eigenvalue weighted by Gasteiger charge is 2.10. The monoisotopic (exact) mass is 233 g/mol. The van der Waals surface area contributed by atoms with Crippen LogP contribution in [0.2, 0.25) is 5.02 Å². The maximum atomic E-state index is 6.03. The van der Waals surface area contributed by atoms with Gasteiger partial charge >= 0.3 is 0 Å². The smallest absolute Gasteiger partial charge is 0.260 e. The third-order valence-corrected chi connectivity index (χ3v) is 3.06. The van der Waals surface area contributed by atoms with Crippen LogP contribution in [-0.4, -0.2) is 10.1 Å². The number of nitrogens with two attached hydrogens (primary N) is 1. The van der Waals surface area contributed by atoms with E-state index < -0.39 is 0 Å². The number of pyridine rings is 1. The van der Waals surface area contributed by atoms with Gasteiger partial charge in [0.2, 0.25) is 0 Å². The molecular formula is C11H8ClN3O. The van der Waals surface area contributed by atoms with Crippen LogP contribution in [0.5, 0.6) is 0 Å². The zero-order valence-corrected chi connectivity index (χ0v) is 9.25. The molecule has 0 unspecified atom stereocenters. The fourth-order valence-corrected chi connectivity index (χ4v) is 1.89. The van der Waals surface area contributed by atoms with Gasteiger partial charge in [-0.15, -0.1) is 0 Å². The van der Waals surface area contributed by atoms with E-state index in [9.17, 15) is 0 Å². The summed E-state index contributed by atoms with van der Waals surface area (Å²) >= 11 is 6.03. The number of nitrogens with zero attached hydrogens (tertiary/aromatic N) is 2. The van der Waals surface area contributed by atoms with Gasteiger partial charge in [-0.05, 0) is 24.6 Å². The lowest BCUT2D eigenvalue weighted by atomic mass is 10.1. The Bertz CT molecular complexity index is 705. The molecule has 3 rings (SSSR count). The molecule has 0 spiro atoms. The van der Waals surface area contributed by atoms with Gasteiger partial charge in [-0.3, -0.25) is 0 Å². The maximum Gasteiger partial charge on any atom is 0.260 e. The minimum Gasteiger partial charge on any atom is -0.380 e. The molecule has 2 aromatic heterocycles. The van der Waals surface area contributed by atoms with Gasteiger partial charge in [-0.2, -0.15) is 0 Å². The molecule has 0 fully saturated rings. The lowest BCUT2D eigenvalue weighted by Gasteiger charge is -2.02. The summed E-state index contributed by atoms with van der Waals surface area (Å²) < 4.78 is 5.02. The van der Waals surface area contributed by atoms with Gasteiger partial charge < -0.3 is 10.3 Å². The molecule has 0 aliphatic heterocycles. The van der Waals surface area contributed by atoms with Crippen LogP contribution >= 0.6 is 11.6 Å². The molecule has 0 saturated carbocycles. The molecule has 0 bridgehead atoms. The van der Waals surface area contributed by atoms with Crippen molar-refractivity contribution >= 4 is 39.4 Å². The molecule has 2 N–H and O–H groups in total. The third-order valence-electron chi connectivity index (χ3n) is 2.65. The first-order valence-corrected chi connectivity index (χ1v) is 5.15. The highest BCUT2D eigenvalue weighted by atomic mass is 35.5. The van der Waals surface area contributed by atoms with Crippen molar-refractivity contribution in [3.05, 3.63) is 28.8 Å². The van der Waals surface area contributed by atoms with Crippen LogP contribution in [0, 0.1) is 6.92 Å². The Labute approximate surface area is 96.0 Å². The minimum absolute atomic E-state index is 0.358. The van der Waals surface area contributed by atoms with E-state index in [-0.39, 0.29) is 0 Å². The van der Waals surface area contributed by atoms with E-state index in [0.717, 1.165) is 21.9 Å². The number of aromatic nitrogens is 2. The van der Waals surface area contributed by atoms with Gasteiger partial charge in [-0.25, -0.2) is 4.98 Å². The number of halogens is 1. The highest BCUT2D eigenvalue weighted by Crippen LogP contribution is 2.28. The minimum atomic E-state index is 0.358. The molecule has 2 heterocycles. The van der Waals surface area contributed by atoms with Gasteiger partial charge in [0.05, 0.1) is 10.9 Å². The number of aryl methyl sites for hydroxylation is 1. The molecule has 0 aliphatic carbocycles. The van der Waals surface area contributed by atoms with Crippen LogP contribution < -0.4 is 5.73 Å². The van der Waals surface area contributed by atoms with Gasteiger partial charge in [0.15, 0.2) is 5.82 Å². The van der Waals surface area contributed by atoms with Crippen molar-refractivity contribution in [2.24, 2.45) is 0 Å². The summed E-state index contributed by atoms with van der Waals surface area (Å²) in [4.78, 5) is 4.37. The van der Waals surface area contributed by atoms with Crippen LogP contribution in [0.3, 0.4) is 0 Å². The Hall–Kier alpha value is -1.81. The Morgan fingerprint density at radius 1 is 1.38 bits per heavy atom. The molecule has 0 saturated heterocycles. The van der Waals surface area contributed by atoms with Gasteiger partial charge in [-0.1, -0.05) is 22.8 Å². The van der Waals surface area contributed by atoms with E-state index in [1.807, 2.05) is 25.1 Å². The first-order valence-electron chi connectivity index (χ1n) is 4.77. The topological polar surface area (TPSA) is 64.9 Å². The number of anilines is 1. The lowest BCUT2D eigenvalue weighted by molar-refractivity contribution is 0.453. The van der Waals surface area contributed by atoms with Crippen molar-refractivity contribution in [1.82, 2.24) is 10.1 Å². The zero-order valence-electron chi connectivity index (χ0n) is 8.49. The van der Waals surface area contributed by atoms with Gasteiger partial charge in [0, 0.05) is 10.4 Å². The molecular weight excluding hydrogens is 226 g/mol. The van der Waals surface area contributed by atoms with Crippen LogP contribution in [0.1, 0.15) is 5.56 Å². The number of benzene rings is 1. The summed E-state index contributed by atoms with van der Waals surface area (Å²) in [5, 5.41) is 6.07. The van der Waals surface area contributed by atoms with E-state index in [1.165, 1.54) is 0 Å². The van der Waals surface area contributed by atoms with Gasteiger partial charge in [0.1, 0.15) is 0 Å². The Morgan fingerprint density at radius 3 is 3.00 bits per heavy atom. The third kappa shape index (κ3) is 1.17. The lowest BCUT2D eigenvalue weighted by Crippen LogP contribution is -1.87. The molecule has 4 nitrogen and oxygen atoms in total. The number of hydrogen-bond acceptors (Lipinski definition) is 4. The Balaban J connectivity index is 2.53. The summed E-state index contributed by atoms with van der Waals surface area (Å²) in [7, 11) is 0. The fourth-order valence-electron chi connectivity index (χ4n) is 1.74. The second kappa shape index (κ2) is 3.09. The largest absolute Gasteiger partial charge is 0.380 e. The number of hydrogen-bond donors (Lipinski definition) is 1. The van der Waals surface area contributed by atoms with Crippen molar-refractivity contribution in [3.8, 4) is 0 Å². The van der Waals surface area contributed by atoms with Crippen LogP contribution in [0.15, 0.2) is 22.7 Å². The van der Waals surface area contributed by atoms with E-state index in [4.69, 9.17) is 21.9 Å². The normalized spacial score (nSPS) is 11.4. The van der Waals surface area contributed by atoms with Crippen molar-refractivity contribution in [2.45, 2.75) is 6.92 Å². The zero-order chi connectivity index (χ0) is 11.3. The van der Waals surface area contributed by atoms with Crippen molar-refractivity contribution < 1.29 is 4.52 Å². The maximum absolute atomic E-state index is 6.03. The molecule has 1 aromatic carbocycles. The number of rotatable bonds is 0. The molecule has 0 radical (unpaired) electrons. The molecule has 5 heteroatoms. The quantitative estimate of drug-likeness (QED) is 0.648. The predicted molar refractivity (Wildman–Crippen MR) is 63.5 cm³/mol. The standard InChI is InChI=1S/C11H8ClN3O/c1-5-8(12)3-2-6-4-7-10(13)15-16-11(7)14-9(5)6/h2-4H,1H3,(H2,13,15). The summed E-state index contributed by atoms with van der Waals surface area (Å²) in [6, 6.07) is 5.66. The first kappa shape index (κ1) is 9.42. The Morgan fingerprint density at radius 2 is 2.19 bits per heavy atom. The Kier molecular flexibility index (Phi) is 1.82. The van der Waals surface area contributed by atoms with Crippen molar-refractivity contribution in [2.75, 3.05) is 5.73 Å². The second-order valence-corrected chi connectivity index (χ2v) is 4.06. The van der Waals surface area contributed by atoms with E-state index in [1.54, 1.807) is 0 Å². The summed E-state index contributed by atoms with van der Waals surface area (Å²) in [5.41, 5.74) is 7.85. The molecule has 3 aromatic rings. The molecule has 80 valence electrons. The average Bonchev–Trinajstić information content (AvgIpc) is 2.64.